The molecule has 2 aromatic rings. The Bertz CT molecular complexity index is 697. The van der Waals surface area contributed by atoms with Gasteiger partial charge in [0.15, 0.2) is 0 Å². The molecular formula is C9H11N5O4. The normalized spacial score (nSPS) is 9.17. The molecule has 9 nitrogen and oxygen atoms in total. The Morgan fingerprint density at radius 1 is 1.00 bits per heavy atom. The molecule has 0 spiro atoms. The first kappa shape index (κ1) is 13.2. The highest BCUT2D eigenvalue weighted by Gasteiger charge is 1.93. The van der Waals surface area contributed by atoms with Gasteiger partial charge < -0.3 is 15.3 Å². The van der Waals surface area contributed by atoms with Gasteiger partial charge in [-0.1, -0.05) is 0 Å². The molecule has 0 fully saturated rings. The molecule has 0 unspecified atom stereocenters. The number of aromatic amines is 4. The molecule has 0 bridgehead atoms. The van der Waals surface area contributed by atoms with Crippen molar-refractivity contribution < 1.29 is 0 Å². The lowest BCUT2D eigenvalue weighted by atomic mass is 10.5. The Morgan fingerprint density at radius 3 is 2.11 bits per heavy atom. The average molecular weight is 253 g/mol. The van der Waals surface area contributed by atoms with Crippen LogP contribution in [0.5, 0.6) is 0 Å². The van der Waals surface area contributed by atoms with Gasteiger partial charge in [0, 0.05) is 25.5 Å². The lowest BCUT2D eigenvalue weighted by Gasteiger charge is -1.93. The first-order valence-electron chi connectivity index (χ1n) is 4.80. The maximum Gasteiger partial charge on any atom is 0.325 e. The van der Waals surface area contributed by atoms with Gasteiger partial charge in [-0.15, -0.1) is 0 Å². The zero-order valence-electron chi connectivity index (χ0n) is 9.37. The summed E-state index contributed by atoms with van der Waals surface area (Å²) in [5.41, 5.74) is -1.42. The van der Waals surface area contributed by atoms with Crippen LogP contribution in [-0.2, 0) is 0 Å². The van der Waals surface area contributed by atoms with Gasteiger partial charge in [0.1, 0.15) is 5.69 Å². The highest BCUT2D eigenvalue weighted by atomic mass is 16.2. The largest absolute Gasteiger partial charge is 0.382 e. The zero-order valence-corrected chi connectivity index (χ0v) is 9.37. The third kappa shape index (κ3) is 3.96. The second-order valence-corrected chi connectivity index (χ2v) is 3.03. The molecule has 0 aliphatic heterocycles. The third-order valence-corrected chi connectivity index (χ3v) is 1.77. The van der Waals surface area contributed by atoms with Crippen LogP contribution in [0.3, 0.4) is 0 Å². The fraction of sp³-hybridized carbons (Fsp3) is 0.111. The van der Waals surface area contributed by atoms with Crippen molar-refractivity contribution in [3.05, 3.63) is 60.1 Å². The van der Waals surface area contributed by atoms with Crippen LogP contribution < -0.4 is 27.8 Å². The number of rotatable bonds is 1. The summed E-state index contributed by atoms with van der Waals surface area (Å²) >= 11 is 0. The zero-order chi connectivity index (χ0) is 13.5. The molecular weight excluding hydrogens is 242 g/mol. The Morgan fingerprint density at radius 2 is 1.67 bits per heavy atom. The van der Waals surface area contributed by atoms with Crippen LogP contribution >= 0.6 is 0 Å². The molecule has 2 heterocycles. The Kier molecular flexibility index (Phi) is 4.43. The molecule has 0 aliphatic rings. The second kappa shape index (κ2) is 6.03. The van der Waals surface area contributed by atoms with Gasteiger partial charge >= 0.3 is 11.4 Å². The molecule has 0 aliphatic carbocycles. The average Bonchev–Trinajstić information content (AvgIpc) is 2.29. The molecule has 18 heavy (non-hydrogen) atoms. The van der Waals surface area contributed by atoms with E-state index >= 15 is 0 Å². The third-order valence-electron chi connectivity index (χ3n) is 1.77. The van der Waals surface area contributed by atoms with E-state index in [1.54, 1.807) is 7.05 Å². The van der Waals surface area contributed by atoms with E-state index < -0.39 is 16.9 Å². The summed E-state index contributed by atoms with van der Waals surface area (Å²) in [7, 11) is 1.60. The number of nitrogens with one attached hydrogen (secondary N) is 5. The van der Waals surface area contributed by atoms with E-state index in [0.29, 0.717) is 5.69 Å². The fourth-order valence-electron chi connectivity index (χ4n) is 0.978. The minimum atomic E-state index is -0.496. The van der Waals surface area contributed by atoms with Crippen LogP contribution in [0.25, 0.3) is 0 Å². The van der Waals surface area contributed by atoms with E-state index in [9.17, 15) is 19.2 Å². The summed E-state index contributed by atoms with van der Waals surface area (Å²) in [6, 6.07) is 1.24. The van der Waals surface area contributed by atoms with E-state index in [1.165, 1.54) is 18.5 Å². The van der Waals surface area contributed by atoms with Crippen LogP contribution in [0.15, 0.2) is 37.6 Å². The molecule has 0 atom stereocenters. The summed E-state index contributed by atoms with van der Waals surface area (Å²) < 4.78 is 0. The van der Waals surface area contributed by atoms with Gasteiger partial charge in [0.2, 0.25) is 0 Å². The van der Waals surface area contributed by atoms with Crippen LogP contribution in [-0.4, -0.2) is 27.0 Å². The first-order chi connectivity index (χ1) is 8.52. The molecule has 9 heteroatoms. The number of anilines is 1. The number of H-pyrrole nitrogens is 4. The smallest absolute Gasteiger partial charge is 0.325 e. The topological polar surface area (TPSA) is 143 Å². The van der Waals surface area contributed by atoms with Crippen LogP contribution in [0, 0.1) is 0 Å². The summed E-state index contributed by atoms with van der Waals surface area (Å²) in [6.45, 7) is 0. The number of hydrogen-bond donors (Lipinski definition) is 5. The van der Waals surface area contributed by atoms with Crippen molar-refractivity contribution in [1.82, 2.24) is 19.9 Å². The van der Waals surface area contributed by atoms with Crippen LogP contribution in [0.2, 0.25) is 0 Å². The predicted molar refractivity (Wildman–Crippen MR) is 64.9 cm³/mol. The molecule has 96 valence electrons. The minimum absolute atomic E-state index is 0.347. The Balaban J connectivity index is 0.000000184. The minimum Gasteiger partial charge on any atom is -0.382 e. The fourth-order valence-corrected chi connectivity index (χ4v) is 0.978. The highest BCUT2D eigenvalue weighted by Crippen LogP contribution is 1.86. The summed E-state index contributed by atoms with van der Waals surface area (Å²) in [6.07, 6.45) is 2.61. The molecule has 0 aromatic carbocycles. The summed E-state index contributed by atoms with van der Waals surface area (Å²) in [5.74, 6) is 0. The Hall–Kier alpha value is -2.84. The van der Waals surface area contributed by atoms with Crippen LogP contribution in [0.1, 0.15) is 0 Å². The predicted octanol–water partition coefficient (Wildman–Crippen LogP) is -1.83. The lowest BCUT2D eigenvalue weighted by molar-refractivity contribution is 1.04. The molecule has 2 aromatic heterocycles. The lowest BCUT2D eigenvalue weighted by Crippen LogP contribution is -2.23. The van der Waals surface area contributed by atoms with Gasteiger partial charge in [-0.2, -0.15) is 0 Å². The maximum atomic E-state index is 10.7. The Labute approximate surface area is 98.9 Å². The number of aromatic nitrogens is 4. The summed E-state index contributed by atoms with van der Waals surface area (Å²) in [5, 5.41) is 2.61. The molecule has 0 radical (unpaired) electrons. The van der Waals surface area contributed by atoms with Gasteiger partial charge in [0.05, 0.1) is 0 Å². The van der Waals surface area contributed by atoms with E-state index in [4.69, 9.17) is 0 Å². The van der Waals surface area contributed by atoms with Gasteiger partial charge in [0.25, 0.3) is 11.1 Å². The van der Waals surface area contributed by atoms with E-state index in [-0.39, 0.29) is 5.56 Å². The van der Waals surface area contributed by atoms with Crippen molar-refractivity contribution >= 4 is 5.69 Å². The van der Waals surface area contributed by atoms with Gasteiger partial charge in [-0.05, 0) is 0 Å². The molecule has 0 amide bonds. The van der Waals surface area contributed by atoms with Crippen molar-refractivity contribution in [2.75, 3.05) is 12.4 Å². The van der Waals surface area contributed by atoms with Crippen molar-refractivity contribution in [2.45, 2.75) is 0 Å². The van der Waals surface area contributed by atoms with Crippen molar-refractivity contribution in [1.29, 1.82) is 0 Å². The van der Waals surface area contributed by atoms with E-state index in [1.807, 2.05) is 4.98 Å². The second-order valence-electron chi connectivity index (χ2n) is 3.03. The van der Waals surface area contributed by atoms with E-state index in [2.05, 4.69) is 20.3 Å². The molecule has 5 N–H and O–H groups in total. The van der Waals surface area contributed by atoms with Crippen molar-refractivity contribution in [3.63, 3.8) is 0 Å². The quantitative estimate of drug-likeness (QED) is 0.406. The summed E-state index contributed by atoms with van der Waals surface area (Å²) in [4.78, 5) is 50.2. The number of hydrogen-bond acceptors (Lipinski definition) is 5. The van der Waals surface area contributed by atoms with E-state index in [0.717, 1.165) is 0 Å². The molecule has 0 saturated carbocycles. The maximum absolute atomic E-state index is 10.7. The molecule has 0 saturated heterocycles. The van der Waals surface area contributed by atoms with Crippen molar-refractivity contribution in [2.24, 2.45) is 0 Å². The molecule has 2 rings (SSSR count). The van der Waals surface area contributed by atoms with Gasteiger partial charge in [-0.25, -0.2) is 9.59 Å². The monoisotopic (exact) mass is 253 g/mol. The van der Waals surface area contributed by atoms with Crippen molar-refractivity contribution in [3.8, 4) is 0 Å². The first-order valence-corrected chi connectivity index (χ1v) is 4.80. The highest BCUT2D eigenvalue weighted by molar-refractivity contribution is 5.35. The SMILES string of the molecule is CNc1c[nH]c(=O)[nH]c1=O.O=c1cc[nH]c(=O)[nH]1. The van der Waals surface area contributed by atoms with Gasteiger partial charge in [-0.3, -0.25) is 19.6 Å². The van der Waals surface area contributed by atoms with Crippen LogP contribution in [0.4, 0.5) is 5.69 Å². The standard InChI is InChI=1S/C5H7N3O2.C4H4N2O2/c1-6-3-2-7-5(10)8-4(3)9;7-3-1-2-5-4(8)6-3/h2,6H,1H3,(H2,7,8,9,10);1-2H,(H2,5,6,7,8).